The first-order chi connectivity index (χ1) is 2.91. The van der Waals surface area contributed by atoms with Crippen LogP contribution in [0.2, 0.25) is 0 Å². The number of rotatable bonds is 1. The minimum Gasteiger partial charge on any atom is -0.0979 e. The van der Waals surface area contributed by atoms with Crippen molar-refractivity contribution in [2.24, 2.45) is 0 Å². The van der Waals surface area contributed by atoms with E-state index in [4.69, 9.17) is 0 Å². The van der Waals surface area contributed by atoms with Gasteiger partial charge in [-0.15, -0.1) is 0 Å². The van der Waals surface area contributed by atoms with Gasteiger partial charge in [0.25, 0.3) is 0 Å². The SMILES string of the molecule is CCCC#C[P]. The summed E-state index contributed by atoms with van der Waals surface area (Å²) in [4.78, 5) is 0. The second-order valence-corrected chi connectivity index (χ2v) is 1.26. The fourth-order valence-corrected chi connectivity index (χ4v) is 0.293. The summed E-state index contributed by atoms with van der Waals surface area (Å²) >= 11 is 0. The lowest BCUT2D eigenvalue weighted by atomic mass is 10.4. The van der Waals surface area contributed by atoms with E-state index in [0.29, 0.717) is 0 Å². The van der Waals surface area contributed by atoms with Gasteiger partial charge >= 0.3 is 0 Å². The van der Waals surface area contributed by atoms with Crippen molar-refractivity contribution >= 4 is 9.24 Å². The van der Waals surface area contributed by atoms with Crippen LogP contribution in [-0.2, 0) is 0 Å². The molecule has 0 spiro atoms. The summed E-state index contributed by atoms with van der Waals surface area (Å²) in [5.74, 6) is 2.81. The van der Waals surface area contributed by atoms with E-state index in [2.05, 4.69) is 27.7 Å². The van der Waals surface area contributed by atoms with Crippen LogP contribution < -0.4 is 0 Å². The first-order valence-corrected chi connectivity index (χ1v) is 2.48. The maximum atomic E-state index is 3.69. The summed E-state index contributed by atoms with van der Waals surface area (Å²) < 4.78 is 0. The molecule has 0 nitrogen and oxygen atoms in total. The van der Waals surface area contributed by atoms with Gasteiger partial charge in [-0.2, -0.15) is 0 Å². The molecule has 0 N–H and O–H groups in total. The Morgan fingerprint density at radius 2 is 2.33 bits per heavy atom. The van der Waals surface area contributed by atoms with Gasteiger partial charge in [0.15, 0.2) is 0 Å². The van der Waals surface area contributed by atoms with Gasteiger partial charge in [0, 0.05) is 6.42 Å². The molecule has 0 atom stereocenters. The molecule has 0 saturated carbocycles. The highest BCUT2D eigenvalue weighted by Gasteiger charge is 1.64. The highest BCUT2D eigenvalue weighted by Crippen LogP contribution is 1.81. The Kier molecular flexibility index (Phi) is 4.98. The van der Waals surface area contributed by atoms with E-state index in [1.165, 1.54) is 0 Å². The van der Waals surface area contributed by atoms with Gasteiger partial charge in [0.1, 0.15) is 0 Å². The van der Waals surface area contributed by atoms with E-state index < -0.39 is 0 Å². The van der Waals surface area contributed by atoms with Crippen LogP contribution in [0.3, 0.4) is 0 Å². The fraction of sp³-hybridized carbons (Fsp3) is 0.600. The van der Waals surface area contributed by atoms with Crippen molar-refractivity contribution in [3.8, 4) is 11.6 Å². The Morgan fingerprint density at radius 1 is 1.67 bits per heavy atom. The predicted molar refractivity (Wildman–Crippen MR) is 29.6 cm³/mol. The average Bonchev–Trinajstić information content (AvgIpc) is 1.61. The fourth-order valence-electron chi connectivity index (χ4n) is 0.181. The van der Waals surface area contributed by atoms with E-state index in [9.17, 15) is 0 Å². The topological polar surface area (TPSA) is 0 Å². The van der Waals surface area contributed by atoms with E-state index in [1.807, 2.05) is 0 Å². The Hall–Kier alpha value is -0.0100. The second kappa shape index (κ2) is 4.99. The molecule has 6 heavy (non-hydrogen) atoms. The van der Waals surface area contributed by atoms with Crippen LogP contribution in [0.15, 0.2) is 0 Å². The molecule has 32 valence electrons. The molecule has 0 bridgehead atoms. The van der Waals surface area contributed by atoms with Crippen LogP contribution >= 0.6 is 9.24 Å². The van der Waals surface area contributed by atoms with Gasteiger partial charge in [-0.1, -0.05) is 18.5 Å². The van der Waals surface area contributed by atoms with Crippen LogP contribution in [0.1, 0.15) is 19.8 Å². The minimum atomic E-state index is 0.976. The van der Waals surface area contributed by atoms with Crippen molar-refractivity contribution in [3.05, 3.63) is 0 Å². The van der Waals surface area contributed by atoms with E-state index >= 15 is 0 Å². The predicted octanol–water partition coefficient (Wildman–Crippen LogP) is 2.16. The normalized spacial score (nSPS) is 6.33. The lowest BCUT2D eigenvalue weighted by Crippen LogP contribution is -1.55. The lowest BCUT2D eigenvalue weighted by Gasteiger charge is -1.71. The first kappa shape index (κ1) is 5.99. The molecule has 0 unspecified atom stereocenters. The number of unbranched alkanes of at least 4 members (excludes halogenated alkanes) is 1. The Labute approximate surface area is 41.5 Å². The smallest absolute Gasteiger partial charge is 0.0586 e. The summed E-state index contributed by atoms with van der Waals surface area (Å²) in [7, 11) is 3.69. The summed E-state index contributed by atoms with van der Waals surface area (Å²) in [6, 6.07) is 0. The van der Waals surface area contributed by atoms with Gasteiger partial charge in [-0.3, -0.25) is 0 Å². The molecule has 0 heterocycles. The Morgan fingerprint density at radius 3 is 2.50 bits per heavy atom. The summed E-state index contributed by atoms with van der Waals surface area (Å²) in [6.07, 6.45) is 2.11. The van der Waals surface area contributed by atoms with Gasteiger partial charge < -0.3 is 0 Å². The van der Waals surface area contributed by atoms with Crippen LogP contribution in [0.25, 0.3) is 0 Å². The molecule has 0 rings (SSSR count). The van der Waals surface area contributed by atoms with Crippen molar-refractivity contribution in [1.82, 2.24) is 0 Å². The molecule has 0 amide bonds. The zero-order chi connectivity index (χ0) is 4.83. The highest BCUT2D eigenvalue weighted by molar-refractivity contribution is 7.23. The Balaban J connectivity index is 2.79. The third-order valence-electron chi connectivity index (χ3n) is 0.454. The molecule has 0 aliphatic carbocycles. The summed E-state index contributed by atoms with van der Waals surface area (Å²) in [5.41, 5.74) is 2.51. The molecule has 0 aromatic rings. The van der Waals surface area contributed by atoms with Crippen LogP contribution in [0, 0.1) is 11.6 Å². The molecule has 0 saturated heterocycles. The van der Waals surface area contributed by atoms with Crippen molar-refractivity contribution in [1.29, 1.82) is 0 Å². The van der Waals surface area contributed by atoms with Crippen molar-refractivity contribution < 1.29 is 0 Å². The maximum absolute atomic E-state index is 3.69. The van der Waals surface area contributed by atoms with Crippen LogP contribution in [-0.4, -0.2) is 0 Å². The Bertz CT molecular complexity index is 65.7. The third-order valence-corrected chi connectivity index (χ3v) is 0.612. The zero-order valence-electron chi connectivity index (χ0n) is 3.86. The third kappa shape index (κ3) is 3.99. The number of hydrogen-bond acceptors (Lipinski definition) is 0. The molecule has 0 aromatic carbocycles. The van der Waals surface area contributed by atoms with Crippen molar-refractivity contribution in [3.63, 3.8) is 0 Å². The molecular formula is C5H7P. The van der Waals surface area contributed by atoms with Crippen molar-refractivity contribution in [2.75, 3.05) is 0 Å². The van der Waals surface area contributed by atoms with E-state index in [0.717, 1.165) is 12.8 Å². The monoisotopic (exact) mass is 98.0 g/mol. The summed E-state index contributed by atoms with van der Waals surface area (Å²) in [5, 5.41) is 0. The van der Waals surface area contributed by atoms with Gasteiger partial charge in [0.05, 0.1) is 9.24 Å². The van der Waals surface area contributed by atoms with Crippen LogP contribution in [0.5, 0.6) is 0 Å². The van der Waals surface area contributed by atoms with Crippen LogP contribution in [0.4, 0.5) is 0 Å². The standard InChI is InChI=1S/C5H7P/c1-2-3-4-5-6/h2-3H2,1H3. The number of hydrogen-bond donors (Lipinski definition) is 0. The van der Waals surface area contributed by atoms with E-state index in [1.54, 1.807) is 0 Å². The lowest BCUT2D eigenvalue weighted by molar-refractivity contribution is 0.984. The highest BCUT2D eigenvalue weighted by atomic mass is 31.0. The average molecular weight is 98.1 g/mol. The first-order valence-electron chi connectivity index (χ1n) is 2.03. The van der Waals surface area contributed by atoms with Gasteiger partial charge in [0.2, 0.25) is 0 Å². The maximum Gasteiger partial charge on any atom is 0.0586 e. The van der Waals surface area contributed by atoms with Gasteiger partial charge in [-0.25, -0.2) is 0 Å². The molecule has 0 fully saturated rings. The van der Waals surface area contributed by atoms with E-state index in [-0.39, 0.29) is 0 Å². The quantitative estimate of drug-likeness (QED) is 0.348. The van der Waals surface area contributed by atoms with Crippen molar-refractivity contribution in [2.45, 2.75) is 19.8 Å². The largest absolute Gasteiger partial charge is 0.0979 e. The molecule has 0 aliphatic rings. The minimum absolute atomic E-state index is 0.976. The second-order valence-electron chi connectivity index (χ2n) is 1.04. The molecule has 0 aliphatic heterocycles. The zero-order valence-corrected chi connectivity index (χ0v) is 4.76. The molecule has 2 radical (unpaired) electrons. The summed E-state index contributed by atoms with van der Waals surface area (Å²) in [6.45, 7) is 2.10. The van der Waals surface area contributed by atoms with Gasteiger partial charge in [-0.05, 0) is 6.42 Å². The molecule has 0 aromatic heterocycles. The molecular weight excluding hydrogens is 91.0 g/mol. The molecule has 1 heteroatoms.